The maximum atomic E-state index is 6.19. The van der Waals surface area contributed by atoms with Crippen LogP contribution in [-0.2, 0) is 12.8 Å². The van der Waals surface area contributed by atoms with Crippen molar-refractivity contribution in [3.8, 4) is 0 Å². The lowest BCUT2D eigenvalue weighted by molar-refractivity contribution is 0.302. The molecule has 0 bridgehead atoms. The standard InChI is InChI=1S/C22H32ClN3/c1-16(12-17-10-8-7-9-11-17)13-18-14-19(25-20(23)24-18)26-22(5,6)15-21(2,3)4/h7-11,14,16H,12-13,15H2,1-6H3,(H,24,25,26). The summed E-state index contributed by atoms with van der Waals surface area (Å²) in [4.78, 5) is 8.82. The van der Waals surface area contributed by atoms with Crippen molar-refractivity contribution in [1.29, 1.82) is 0 Å². The molecule has 0 aliphatic heterocycles. The summed E-state index contributed by atoms with van der Waals surface area (Å²) in [5, 5.41) is 3.85. The van der Waals surface area contributed by atoms with E-state index in [4.69, 9.17) is 11.6 Å². The van der Waals surface area contributed by atoms with Crippen molar-refractivity contribution >= 4 is 17.4 Å². The summed E-state index contributed by atoms with van der Waals surface area (Å²) in [6.45, 7) is 13.4. The van der Waals surface area contributed by atoms with Crippen LogP contribution in [0.4, 0.5) is 5.82 Å². The normalized spacial score (nSPS) is 13.5. The lowest BCUT2D eigenvalue weighted by Crippen LogP contribution is -2.35. The molecule has 0 aliphatic rings. The van der Waals surface area contributed by atoms with Gasteiger partial charge < -0.3 is 5.32 Å². The Bertz CT molecular complexity index is 705. The number of hydrogen-bond donors (Lipinski definition) is 1. The van der Waals surface area contributed by atoms with Gasteiger partial charge >= 0.3 is 0 Å². The van der Waals surface area contributed by atoms with Crippen LogP contribution < -0.4 is 5.32 Å². The molecule has 0 saturated heterocycles. The van der Waals surface area contributed by atoms with Crippen molar-refractivity contribution < 1.29 is 0 Å². The van der Waals surface area contributed by atoms with Crippen molar-refractivity contribution in [2.24, 2.45) is 11.3 Å². The van der Waals surface area contributed by atoms with Crippen LogP contribution in [-0.4, -0.2) is 15.5 Å². The third-order valence-corrected chi connectivity index (χ3v) is 4.34. The van der Waals surface area contributed by atoms with E-state index in [2.05, 4.69) is 87.2 Å². The Labute approximate surface area is 163 Å². The number of nitrogens with zero attached hydrogens (tertiary/aromatic N) is 2. The topological polar surface area (TPSA) is 37.8 Å². The summed E-state index contributed by atoms with van der Waals surface area (Å²) < 4.78 is 0. The zero-order chi connectivity index (χ0) is 19.4. The average molecular weight is 374 g/mol. The molecule has 3 nitrogen and oxygen atoms in total. The predicted octanol–water partition coefficient (Wildman–Crippen LogP) is 6.18. The molecular formula is C22H32ClN3. The molecule has 1 aromatic carbocycles. The number of anilines is 1. The van der Waals surface area contributed by atoms with Crippen LogP contribution in [0.3, 0.4) is 0 Å². The van der Waals surface area contributed by atoms with Crippen molar-refractivity contribution in [3.05, 3.63) is 52.9 Å². The van der Waals surface area contributed by atoms with E-state index in [0.717, 1.165) is 30.8 Å². The molecule has 1 N–H and O–H groups in total. The molecular weight excluding hydrogens is 342 g/mol. The number of benzene rings is 1. The zero-order valence-corrected chi connectivity index (χ0v) is 17.7. The Hall–Kier alpha value is -1.61. The van der Waals surface area contributed by atoms with Gasteiger partial charge in [0.2, 0.25) is 5.28 Å². The fourth-order valence-corrected chi connectivity index (χ4v) is 4.00. The van der Waals surface area contributed by atoms with E-state index in [1.807, 2.05) is 6.07 Å². The first-order valence-corrected chi connectivity index (χ1v) is 9.76. The predicted molar refractivity (Wildman–Crippen MR) is 112 cm³/mol. The van der Waals surface area contributed by atoms with E-state index in [1.54, 1.807) is 0 Å². The molecule has 142 valence electrons. The van der Waals surface area contributed by atoms with Gasteiger partial charge in [0.05, 0.1) is 0 Å². The van der Waals surface area contributed by atoms with E-state index in [9.17, 15) is 0 Å². The molecule has 1 atom stereocenters. The zero-order valence-electron chi connectivity index (χ0n) is 16.9. The highest BCUT2D eigenvalue weighted by Gasteiger charge is 2.26. The minimum atomic E-state index is -0.0666. The number of hydrogen-bond acceptors (Lipinski definition) is 3. The minimum Gasteiger partial charge on any atom is -0.365 e. The first-order valence-electron chi connectivity index (χ1n) is 9.38. The van der Waals surface area contributed by atoms with Gasteiger partial charge in [0.1, 0.15) is 5.82 Å². The molecule has 0 aliphatic carbocycles. The minimum absolute atomic E-state index is 0.0666. The Kier molecular flexibility index (Phi) is 6.68. The van der Waals surface area contributed by atoms with Crippen LogP contribution in [0.25, 0.3) is 0 Å². The third kappa shape index (κ3) is 7.33. The van der Waals surface area contributed by atoms with Crippen molar-refractivity contribution in [3.63, 3.8) is 0 Å². The van der Waals surface area contributed by atoms with Gasteiger partial charge in [0.15, 0.2) is 0 Å². The lowest BCUT2D eigenvalue weighted by atomic mass is 9.82. The van der Waals surface area contributed by atoms with E-state index < -0.39 is 0 Å². The van der Waals surface area contributed by atoms with Gasteiger partial charge in [0, 0.05) is 17.3 Å². The Morgan fingerprint density at radius 2 is 1.65 bits per heavy atom. The van der Waals surface area contributed by atoms with Gasteiger partial charge in [-0.25, -0.2) is 9.97 Å². The molecule has 0 saturated carbocycles. The summed E-state index contributed by atoms with van der Waals surface area (Å²) in [5.41, 5.74) is 2.51. The Morgan fingerprint density at radius 3 is 2.27 bits per heavy atom. The Balaban J connectivity index is 2.06. The van der Waals surface area contributed by atoms with Gasteiger partial charge in [-0.3, -0.25) is 0 Å². The highest BCUT2D eigenvalue weighted by Crippen LogP contribution is 2.29. The van der Waals surface area contributed by atoms with Gasteiger partial charge in [0.25, 0.3) is 0 Å². The molecule has 1 aromatic heterocycles. The van der Waals surface area contributed by atoms with Gasteiger partial charge in [-0.1, -0.05) is 58.0 Å². The number of rotatable bonds is 7. The van der Waals surface area contributed by atoms with Crippen molar-refractivity contribution in [2.45, 2.75) is 66.3 Å². The fourth-order valence-electron chi connectivity index (χ4n) is 3.80. The quantitative estimate of drug-likeness (QED) is 0.589. The lowest BCUT2D eigenvalue weighted by Gasteiger charge is -2.33. The molecule has 26 heavy (non-hydrogen) atoms. The van der Waals surface area contributed by atoms with E-state index >= 15 is 0 Å². The molecule has 0 fully saturated rings. The van der Waals surface area contributed by atoms with Gasteiger partial charge in [-0.05, 0) is 61.6 Å². The average Bonchev–Trinajstić information content (AvgIpc) is 2.43. The Morgan fingerprint density at radius 1 is 1.00 bits per heavy atom. The molecule has 4 heteroatoms. The SMILES string of the molecule is CC(Cc1ccccc1)Cc1cc(NC(C)(C)CC(C)(C)C)nc(Cl)n1. The molecule has 1 unspecified atom stereocenters. The highest BCUT2D eigenvalue weighted by molar-refractivity contribution is 6.28. The molecule has 0 radical (unpaired) electrons. The second-order valence-corrected chi connectivity index (χ2v) is 9.60. The summed E-state index contributed by atoms with van der Waals surface area (Å²) >= 11 is 6.19. The van der Waals surface area contributed by atoms with Crippen LogP contribution in [0.5, 0.6) is 0 Å². The number of aromatic nitrogens is 2. The van der Waals surface area contributed by atoms with Gasteiger partial charge in [-0.15, -0.1) is 0 Å². The molecule has 0 amide bonds. The summed E-state index contributed by atoms with van der Waals surface area (Å²) in [6, 6.07) is 12.6. The summed E-state index contributed by atoms with van der Waals surface area (Å²) in [5.74, 6) is 1.29. The maximum Gasteiger partial charge on any atom is 0.224 e. The number of nitrogens with one attached hydrogen (secondary N) is 1. The van der Waals surface area contributed by atoms with Crippen LogP contribution in [0, 0.1) is 11.3 Å². The second-order valence-electron chi connectivity index (χ2n) is 9.26. The molecule has 0 spiro atoms. The fraction of sp³-hybridized carbons (Fsp3) is 0.545. The van der Waals surface area contributed by atoms with E-state index in [0.29, 0.717) is 11.2 Å². The van der Waals surface area contributed by atoms with Crippen molar-refractivity contribution in [2.75, 3.05) is 5.32 Å². The first kappa shape index (κ1) is 20.7. The molecule has 2 aromatic rings. The van der Waals surface area contributed by atoms with E-state index in [-0.39, 0.29) is 11.0 Å². The summed E-state index contributed by atoms with van der Waals surface area (Å²) in [7, 11) is 0. The third-order valence-electron chi connectivity index (χ3n) is 4.18. The first-order chi connectivity index (χ1) is 12.0. The molecule has 1 heterocycles. The maximum absolute atomic E-state index is 6.19. The second kappa shape index (κ2) is 8.39. The van der Waals surface area contributed by atoms with Crippen LogP contribution in [0.2, 0.25) is 5.28 Å². The monoisotopic (exact) mass is 373 g/mol. The van der Waals surface area contributed by atoms with Crippen LogP contribution in [0.15, 0.2) is 36.4 Å². The van der Waals surface area contributed by atoms with Crippen LogP contribution >= 0.6 is 11.6 Å². The van der Waals surface area contributed by atoms with Crippen LogP contribution in [0.1, 0.15) is 59.2 Å². The largest absolute Gasteiger partial charge is 0.365 e. The highest BCUT2D eigenvalue weighted by atomic mass is 35.5. The molecule has 2 rings (SSSR count). The smallest absolute Gasteiger partial charge is 0.224 e. The number of halogens is 1. The van der Waals surface area contributed by atoms with Crippen molar-refractivity contribution in [1.82, 2.24) is 9.97 Å². The van der Waals surface area contributed by atoms with Gasteiger partial charge in [-0.2, -0.15) is 0 Å². The summed E-state index contributed by atoms with van der Waals surface area (Å²) in [6.07, 6.45) is 2.94. The van der Waals surface area contributed by atoms with E-state index in [1.165, 1.54) is 5.56 Å².